The molecule has 1 rings (SSSR count). The number of nitrogens with zero attached hydrogens (tertiary/aromatic N) is 1. The van der Waals surface area contributed by atoms with Gasteiger partial charge in [0.25, 0.3) is 0 Å². The zero-order valence-electron chi connectivity index (χ0n) is 16.4. The highest BCUT2D eigenvalue weighted by atomic mass is 16.4. The number of hydrogen-bond donors (Lipinski definition) is 4. The molecule has 0 fully saturated rings. The fourth-order valence-electron chi connectivity index (χ4n) is 2.36. The maximum absolute atomic E-state index is 12.4. The molecule has 150 valence electrons. The van der Waals surface area contributed by atoms with Gasteiger partial charge in [0.05, 0.1) is 0 Å². The summed E-state index contributed by atoms with van der Waals surface area (Å²) in [7, 11) is 0. The van der Waals surface area contributed by atoms with E-state index in [0.29, 0.717) is 13.0 Å². The largest absolute Gasteiger partial charge is 0.480 e. The number of nitrogens with one attached hydrogen (secondary N) is 3. The second-order valence-electron chi connectivity index (χ2n) is 7.53. The predicted molar refractivity (Wildman–Crippen MR) is 103 cm³/mol. The van der Waals surface area contributed by atoms with Crippen molar-refractivity contribution in [1.82, 2.24) is 15.6 Å². The van der Waals surface area contributed by atoms with Crippen LogP contribution in [-0.2, 0) is 14.4 Å². The predicted octanol–water partition coefficient (Wildman–Crippen LogP) is 1.78. The number of amides is 2. The number of hydrogen-bond acceptors (Lipinski definition) is 5. The van der Waals surface area contributed by atoms with Gasteiger partial charge in [-0.15, -0.1) is 0 Å². The molecule has 1 aromatic heterocycles. The van der Waals surface area contributed by atoms with Gasteiger partial charge in [-0.05, 0) is 37.3 Å². The molecule has 0 aliphatic heterocycles. The average molecular weight is 378 g/mol. The molecule has 0 aromatic carbocycles. The molecular weight excluding hydrogens is 348 g/mol. The lowest BCUT2D eigenvalue weighted by Crippen LogP contribution is -2.56. The van der Waals surface area contributed by atoms with Gasteiger partial charge in [-0.3, -0.25) is 14.4 Å². The van der Waals surface area contributed by atoms with Crippen molar-refractivity contribution in [2.24, 2.45) is 5.41 Å². The molecule has 0 radical (unpaired) electrons. The van der Waals surface area contributed by atoms with E-state index >= 15 is 0 Å². The van der Waals surface area contributed by atoms with Gasteiger partial charge in [-0.2, -0.15) is 0 Å². The van der Waals surface area contributed by atoms with Crippen molar-refractivity contribution in [2.75, 3.05) is 11.9 Å². The van der Waals surface area contributed by atoms with Crippen LogP contribution in [0, 0.1) is 5.41 Å². The first-order chi connectivity index (χ1) is 12.6. The number of aromatic nitrogens is 1. The minimum atomic E-state index is -1.12. The van der Waals surface area contributed by atoms with Crippen molar-refractivity contribution in [3.8, 4) is 0 Å². The molecule has 1 aromatic rings. The van der Waals surface area contributed by atoms with E-state index in [-0.39, 0.29) is 12.3 Å². The molecule has 27 heavy (non-hydrogen) atoms. The highest BCUT2D eigenvalue weighted by Gasteiger charge is 2.33. The van der Waals surface area contributed by atoms with E-state index in [1.165, 1.54) is 6.92 Å². The van der Waals surface area contributed by atoms with Crippen molar-refractivity contribution in [1.29, 1.82) is 0 Å². The number of anilines is 1. The molecule has 0 aliphatic rings. The summed E-state index contributed by atoms with van der Waals surface area (Å²) in [6.45, 7) is 7.54. The smallest absolute Gasteiger partial charge is 0.325 e. The summed E-state index contributed by atoms with van der Waals surface area (Å²) in [4.78, 5) is 39.7. The molecule has 2 amide bonds. The van der Waals surface area contributed by atoms with Crippen molar-refractivity contribution in [2.45, 2.75) is 59.0 Å². The zero-order valence-corrected chi connectivity index (χ0v) is 16.4. The molecular formula is C19H30N4O4. The van der Waals surface area contributed by atoms with E-state index in [9.17, 15) is 14.4 Å². The molecule has 0 bridgehead atoms. The van der Waals surface area contributed by atoms with Crippen LogP contribution < -0.4 is 16.0 Å². The van der Waals surface area contributed by atoms with Crippen molar-refractivity contribution in [3.63, 3.8) is 0 Å². The quantitative estimate of drug-likeness (QED) is 0.461. The Balaban J connectivity index is 2.42. The van der Waals surface area contributed by atoms with Gasteiger partial charge < -0.3 is 21.1 Å². The Morgan fingerprint density at radius 1 is 1.15 bits per heavy atom. The number of rotatable bonds is 10. The molecule has 4 N–H and O–H groups in total. The van der Waals surface area contributed by atoms with Gasteiger partial charge in [0.15, 0.2) is 0 Å². The monoisotopic (exact) mass is 378 g/mol. The normalized spacial score (nSPS) is 13.3. The van der Waals surface area contributed by atoms with Gasteiger partial charge >= 0.3 is 5.97 Å². The minimum absolute atomic E-state index is 0.231. The van der Waals surface area contributed by atoms with E-state index in [0.717, 1.165) is 12.2 Å². The third kappa shape index (κ3) is 8.52. The number of aliphatic carboxylic acids is 1. The molecule has 1 unspecified atom stereocenters. The lowest BCUT2D eigenvalue weighted by atomic mass is 9.85. The first-order valence-corrected chi connectivity index (χ1v) is 9.08. The van der Waals surface area contributed by atoms with Crippen LogP contribution in [0.2, 0.25) is 0 Å². The van der Waals surface area contributed by atoms with Crippen LogP contribution in [0.25, 0.3) is 0 Å². The standard InChI is InChI=1S/C19H30N4O4/c1-13(18(26)27)22-17(25)16(19(2,3)4)23-15(24)10-6-8-12-21-14-9-5-7-11-20-14/h5,7,9,11,13,16H,6,8,10,12H2,1-4H3,(H,20,21)(H,22,25)(H,23,24)(H,26,27)/t13?,16-/m1/s1. The van der Waals surface area contributed by atoms with Crippen LogP contribution in [0.15, 0.2) is 24.4 Å². The Kier molecular flexibility index (Phi) is 8.71. The summed E-state index contributed by atoms with van der Waals surface area (Å²) in [6, 6.07) is 3.78. The van der Waals surface area contributed by atoms with Crippen LogP contribution in [0.4, 0.5) is 5.82 Å². The SMILES string of the molecule is CC(NC(=O)[C@@H](NC(=O)CCCCNc1ccccn1)C(C)(C)C)C(=O)O. The van der Waals surface area contributed by atoms with Crippen LogP contribution in [0.1, 0.15) is 47.0 Å². The number of carbonyl (C=O) groups excluding carboxylic acids is 2. The van der Waals surface area contributed by atoms with Crippen LogP contribution in [-0.4, -0.2) is 46.5 Å². The fourth-order valence-corrected chi connectivity index (χ4v) is 2.36. The van der Waals surface area contributed by atoms with Gasteiger partial charge in [0, 0.05) is 19.2 Å². The molecule has 0 aliphatic carbocycles. The second kappa shape index (κ2) is 10.5. The topological polar surface area (TPSA) is 120 Å². The minimum Gasteiger partial charge on any atom is -0.480 e. The maximum atomic E-state index is 12.4. The van der Waals surface area contributed by atoms with Gasteiger partial charge in [-0.1, -0.05) is 26.8 Å². The summed E-state index contributed by atoms with van der Waals surface area (Å²) in [5, 5.41) is 17.3. The van der Waals surface area contributed by atoms with E-state index in [1.807, 2.05) is 39.0 Å². The van der Waals surface area contributed by atoms with Gasteiger partial charge in [0.2, 0.25) is 11.8 Å². The molecule has 1 heterocycles. The van der Waals surface area contributed by atoms with Crippen LogP contribution in [0.3, 0.4) is 0 Å². The first kappa shape index (κ1) is 22.4. The molecule has 0 saturated heterocycles. The Hall–Kier alpha value is -2.64. The van der Waals surface area contributed by atoms with E-state index in [1.54, 1.807) is 6.20 Å². The van der Waals surface area contributed by atoms with E-state index < -0.39 is 29.4 Å². The average Bonchev–Trinajstić information content (AvgIpc) is 2.59. The van der Waals surface area contributed by atoms with Crippen LogP contribution in [0.5, 0.6) is 0 Å². The number of unbranched alkanes of at least 4 members (excludes halogenated alkanes) is 1. The maximum Gasteiger partial charge on any atom is 0.325 e. The summed E-state index contributed by atoms with van der Waals surface area (Å²) < 4.78 is 0. The number of carbonyl (C=O) groups is 3. The van der Waals surface area contributed by atoms with Gasteiger partial charge in [-0.25, -0.2) is 4.98 Å². The van der Waals surface area contributed by atoms with Gasteiger partial charge in [0.1, 0.15) is 17.9 Å². The summed E-state index contributed by atoms with van der Waals surface area (Å²) in [5.41, 5.74) is -0.543. The third-order valence-corrected chi connectivity index (χ3v) is 3.96. The second-order valence-corrected chi connectivity index (χ2v) is 7.53. The summed E-state index contributed by atoms with van der Waals surface area (Å²) >= 11 is 0. The Morgan fingerprint density at radius 2 is 1.85 bits per heavy atom. The van der Waals surface area contributed by atoms with Crippen LogP contribution >= 0.6 is 0 Å². The molecule has 8 nitrogen and oxygen atoms in total. The molecule has 0 spiro atoms. The highest BCUT2D eigenvalue weighted by Crippen LogP contribution is 2.20. The lowest BCUT2D eigenvalue weighted by Gasteiger charge is -2.31. The van der Waals surface area contributed by atoms with Crippen molar-refractivity contribution in [3.05, 3.63) is 24.4 Å². The number of carboxylic acid groups (broad SMARTS) is 1. The van der Waals surface area contributed by atoms with E-state index in [2.05, 4.69) is 20.9 Å². The van der Waals surface area contributed by atoms with Crippen molar-refractivity contribution >= 4 is 23.6 Å². The molecule has 2 atom stereocenters. The number of pyridine rings is 1. The first-order valence-electron chi connectivity index (χ1n) is 9.08. The summed E-state index contributed by atoms with van der Waals surface area (Å²) in [5.74, 6) is -1.06. The number of carboxylic acids is 1. The fraction of sp³-hybridized carbons (Fsp3) is 0.579. The molecule has 0 saturated carbocycles. The lowest BCUT2D eigenvalue weighted by molar-refractivity contribution is -0.142. The highest BCUT2D eigenvalue weighted by molar-refractivity contribution is 5.90. The Morgan fingerprint density at radius 3 is 2.41 bits per heavy atom. The third-order valence-electron chi connectivity index (χ3n) is 3.96. The summed E-state index contributed by atoms with van der Waals surface area (Å²) in [6.07, 6.45) is 3.44. The Bertz CT molecular complexity index is 628. The zero-order chi connectivity index (χ0) is 20.4. The van der Waals surface area contributed by atoms with Crippen molar-refractivity contribution < 1.29 is 19.5 Å². The molecule has 8 heteroatoms. The Labute approximate surface area is 160 Å². The van der Waals surface area contributed by atoms with E-state index in [4.69, 9.17) is 5.11 Å².